The van der Waals surface area contributed by atoms with Crippen molar-refractivity contribution < 1.29 is 9.09 Å². The molecular weight excluding hydrogens is 209 g/mol. The van der Waals surface area contributed by atoms with Gasteiger partial charge in [-0.1, -0.05) is 26.7 Å². The molecule has 0 aromatic carbocycles. The Morgan fingerprint density at radius 2 is 2.00 bits per heavy atom. The summed E-state index contributed by atoms with van der Waals surface area (Å²) in [7, 11) is -2.69. The Kier molecular flexibility index (Phi) is 8.37. The Hall–Kier alpha value is -0.580. The molecule has 15 heavy (non-hydrogen) atoms. The summed E-state index contributed by atoms with van der Waals surface area (Å²) in [4.78, 5) is 0. The van der Waals surface area contributed by atoms with Crippen LogP contribution in [0.1, 0.15) is 39.5 Å². The van der Waals surface area contributed by atoms with Gasteiger partial charge in [0, 0.05) is 18.1 Å². The van der Waals surface area contributed by atoms with Crippen LogP contribution in [0.2, 0.25) is 0 Å². The van der Waals surface area contributed by atoms with Gasteiger partial charge in [-0.25, -0.2) is 0 Å². The van der Waals surface area contributed by atoms with Crippen LogP contribution >= 0.6 is 7.37 Å². The molecule has 0 fully saturated rings. The van der Waals surface area contributed by atoms with E-state index in [1.54, 1.807) is 0 Å². The van der Waals surface area contributed by atoms with E-state index in [4.69, 9.17) is 9.79 Å². The highest BCUT2D eigenvalue weighted by Gasteiger charge is 2.17. The molecule has 0 aromatic rings. The molecule has 0 heterocycles. The first-order chi connectivity index (χ1) is 7.18. The van der Waals surface area contributed by atoms with Gasteiger partial charge in [0.05, 0.1) is 12.7 Å². The van der Waals surface area contributed by atoms with Crippen LogP contribution in [0.4, 0.5) is 0 Å². The lowest BCUT2D eigenvalue weighted by molar-refractivity contribution is 0.311. The quantitative estimate of drug-likeness (QED) is 0.360. The Morgan fingerprint density at radius 3 is 2.53 bits per heavy atom. The highest BCUT2D eigenvalue weighted by molar-refractivity contribution is 7.62. The summed E-state index contributed by atoms with van der Waals surface area (Å²) in [6.07, 6.45) is 5.61. The van der Waals surface area contributed by atoms with E-state index >= 15 is 0 Å². The monoisotopic (exact) mass is 229 g/mol. The molecule has 0 bridgehead atoms. The summed E-state index contributed by atoms with van der Waals surface area (Å²) in [5.41, 5.74) is 0. The van der Waals surface area contributed by atoms with Crippen molar-refractivity contribution in [1.29, 1.82) is 5.26 Å². The maximum absolute atomic E-state index is 12.1. The maximum atomic E-state index is 12.1. The fourth-order valence-corrected chi connectivity index (χ4v) is 2.92. The topological polar surface area (TPSA) is 50.1 Å². The van der Waals surface area contributed by atoms with Crippen LogP contribution in [0.15, 0.2) is 11.9 Å². The van der Waals surface area contributed by atoms with E-state index in [0.717, 1.165) is 25.7 Å². The molecule has 0 aromatic heterocycles. The van der Waals surface area contributed by atoms with Crippen LogP contribution < -0.4 is 0 Å². The summed E-state index contributed by atoms with van der Waals surface area (Å²) in [6, 6.07) is 1.86. The molecule has 86 valence electrons. The molecule has 0 spiro atoms. The van der Waals surface area contributed by atoms with Crippen molar-refractivity contribution in [2.75, 3.05) is 12.8 Å². The molecule has 1 atom stereocenters. The van der Waals surface area contributed by atoms with E-state index in [1.807, 2.05) is 13.0 Å². The van der Waals surface area contributed by atoms with Crippen molar-refractivity contribution >= 4 is 7.37 Å². The molecule has 0 N–H and O–H groups in total. The van der Waals surface area contributed by atoms with Crippen molar-refractivity contribution in [3.05, 3.63) is 11.9 Å². The van der Waals surface area contributed by atoms with Crippen LogP contribution in [0.3, 0.4) is 0 Å². The average Bonchev–Trinajstić information content (AvgIpc) is 2.24. The van der Waals surface area contributed by atoms with Crippen molar-refractivity contribution in [2.24, 2.45) is 0 Å². The van der Waals surface area contributed by atoms with Crippen molar-refractivity contribution in [1.82, 2.24) is 0 Å². The van der Waals surface area contributed by atoms with Crippen molar-refractivity contribution in [2.45, 2.75) is 39.5 Å². The Balaban J connectivity index is 4.22. The number of allylic oxidation sites excluding steroid dienone is 1. The van der Waals surface area contributed by atoms with Gasteiger partial charge in [0.1, 0.15) is 0 Å². The van der Waals surface area contributed by atoms with Gasteiger partial charge in [-0.3, -0.25) is 4.57 Å². The Bertz CT molecular complexity index is 268. The molecule has 0 amide bonds. The first kappa shape index (κ1) is 14.4. The minimum Gasteiger partial charge on any atom is -0.326 e. The molecule has 0 aliphatic rings. The van der Waals surface area contributed by atoms with Gasteiger partial charge in [0.15, 0.2) is 0 Å². The second-order valence-electron chi connectivity index (χ2n) is 3.43. The van der Waals surface area contributed by atoms with Crippen LogP contribution in [0.25, 0.3) is 0 Å². The molecule has 4 heteroatoms. The molecule has 0 saturated heterocycles. The third-order valence-corrected chi connectivity index (χ3v) is 4.17. The maximum Gasteiger partial charge on any atom is 0.225 e. The van der Waals surface area contributed by atoms with Crippen molar-refractivity contribution in [3.63, 3.8) is 0 Å². The zero-order chi connectivity index (χ0) is 11.6. The van der Waals surface area contributed by atoms with E-state index < -0.39 is 7.37 Å². The van der Waals surface area contributed by atoms with Gasteiger partial charge in [0.2, 0.25) is 7.37 Å². The number of unbranched alkanes of at least 4 members (excludes halogenated alkanes) is 2. The first-order valence-corrected chi connectivity index (χ1v) is 7.37. The predicted molar refractivity (Wildman–Crippen MR) is 63.0 cm³/mol. The second-order valence-corrected chi connectivity index (χ2v) is 5.89. The highest BCUT2D eigenvalue weighted by Crippen LogP contribution is 2.49. The molecule has 0 saturated carbocycles. The molecule has 0 radical (unpaired) electrons. The van der Waals surface area contributed by atoms with E-state index in [-0.39, 0.29) is 0 Å². The summed E-state index contributed by atoms with van der Waals surface area (Å²) >= 11 is 0. The van der Waals surface area contributed by atoms with Gasteiger partial charge in [-0.15, -0.1) is 0 Å². The molecule has 0 rings (SSSR count). The van der Waals surface area contributed by atoms with Gasteiger partial charge >= 0.3 is 0 Å². The summed E-state index contributed by atoms with van der Waals surface area (Å²) in [6.45, 7) is 4.63. The van der Waals surface area contributed by atoms with Crippen LogP contribution in [-0.4, -0.2) is 12.8 Å². The lowest BCUT2D eigenvalue weighted by Crippen LogP contribution is -1.95. The minimum absolute atomic E-state index is 0.521. The van der Waals surface area contributed by atoms with Crippen molar-refractivity contribution in [3.8, 4) is 6.07 Å². The van der Waals surface area contributed by atoms with E-state index in [2.05, 4.69) is 6.92 Å². The lowest BCUT2D eigenvalue weighted by Gasteiger charge is -2.13. The van der Waals surface area contributed by atoms with Gasteiger partial charge in [0.25, 0.3) is 0 Å². The molecule has 0 aliphatic carbocycles. The summed E-state index contributed by atoms with van der Waals surface area (Å²) in [5, 5.41) is 8.41. The van der Waals surface area contributed by atoms with Gasteiger partial charge in [-0.2, -0.15) is 5.26 Å². The highest BCUT2D eigenvalue weighted by atomic mass is 31.2. The smallest absolute Gasteiger partial charge is 0.225 e. The van der Waals surface area contributed by atoms with E-state index in [1.165, 1.54) is 11.9 Å². The largest absolute Gasteiger partial charge is 0.326 e. The van der Waals surface area contributed by atoms with E-state index in [0.29, 0.717) is 12.8 Å². The second kappa shape index (κ2) is 8.71. The number of nitrogens with zero attached hydrogens (tertiary/aromatic N) is 1. The van der Waals surface area contributed by atoms with Gasteiger partial charge < -0.3 is 4.52 Å². The normalized spacial score (nSPS) is 15.0. The van der Waals surface area contributed by atoms with Crippen LogP contribution in [0, 0.1) is 11.3 Å². The zero-order valence-corrected chi connectivity index (χ0v) is 10.5. The minimum atomic E-state index is -2.69. The average molecular weight is 229 g/mol. The predicted octanol–water partition coefficient (Wildman–Crippen LogP) is 3.92. The zero-order valence-electron chi connectivity index (χ0n) is 9.61. The van der Waals surface area contributed by atoms with E-state index in [9.17, 15) is 4.57 Å². The molecule has 1 unspecified atom stereocenters. The fourth-order valence-electron chi connectivity index (χ4n) is 1.07. The fraction of sp³-hybridized carbons (Fsp3) is 0.727. The number of hydrogen-bond acceptors (Lipinski definition) is 3. The number of nitriles is 1. The third-order valence-electron chi connectivity index (χ3n) is 2.01. The molecule has 3 nitrogen and oxygen atoms in total. The lowest BCUT2D eigenvalue weighted by atomic mass is 10.4. The Labute approximate surface area is 92.6 Å². The number of rotatable bonds is 8. The summed E-state index contributed by atoms with van der Waals surface area (Å²) in [5.74, 6) is 1.44. The number of hydrogen-bond donors (Lipinski definition) is 0. The van der Waals surface area contributed by atoms with Crippen LogP contribution in [0.5, 0.6) is 0 Å². The first-order valence-electron chi connectivity index (χ1n) is 5.49. The summed E-state index contributed by atoms with van der Waals surface area (Å²) < 4.78 is 17.5. The third kappa shape index (κ3) is 7.36. The van der Waals surface area contributed by atoms with Crippen LogP contribution in [-0.2, 0) is 9.09 Å². The molecule has 0 aliphatic heterocycles. The molecular formula is C11H20NO2P. The Morgan fingerprint density at radius 1 is 1.33 bits per heavy atom. The van der Waals surface area contributed by atoms with Gasteiger partial charge in [-0.05, 0) is 12.8 Å². The standard InChI is InChI=1S/C11H20NO2P/c1-3-5-9-14-15(13,10-6-4-2)11-7-8-12/h7,11H,3-6,9-10H2,1-2H3. The SMILES string of the molecule is CCCCOP(=O)(C=CC#N)CCCC.